The first kappa shape index (κ1) is 15.9. The summed E-state index contributed by atoms with van der Waals surface area (Å²) in [7, 11) is 0. The van der Waals surface area contributed by atoms with Gasteiger partial charge in [0.25, 0.3) is 0 Å². The highest BCUT2D eigenvalue weighted by atomic mass is 14.3. The maximum absolute atomic E-state index is 2.37. The second-order valence-electron chi connectivity index (χ2n) is 8.01. The average molecular weight is 358 g/mol. The zero-order chi connectivity index (χ0) is 18.5. The number of hydrogen-bond donors (Lipinski definition) is 0. The van der Waals surface area contributed by atoms with Crippen molar-refractivity contribution in [2.24, 2.45) is 0 Å². The van der Waals surface area contributed by atoms with Crippen LogP contribution < -0.4 is 0 Å². The first-order valence-corrected chi connectivity index (χ1v) is 10.3. The third-order valence-electron chi connectivity index (χ3n) is 6.48. The molecule has 4 aromatic carbocycles. The molecule has 0 atom stereocenters. The smallest absolute Gasteiger partial charge is 0.0102 e. The average Bonchev–Trinajstić information content (AvgIpc) is 2.78. The Hall–Kier alpha value is -3.12. The predicted octanol–water partition coefficient (Wildman–Crippen LogP) is 7.71. The molecule has 0 saturated carbocycles. The zero-order valence-corrected chi connectivity index (χ0v) is 15.9. The molecule has 0 aromatic heterocycles. The molecule has 0 amide bonds. The van der Waals surface area contributed by atoms with E-state index >= 15 is 0 Å². The van der Waals surface area contributed by atoms with Gasteiger partial charge in [-0.2, -0.15) is 0 Å². The van der Waals surface area contributed by atoms with Crippen LogP contribution in [0, 0.1) is 0 Å². The summed E-state index contributed by atoms with van der Waals surface area (Å²) in [6, 6.07) is 27.0. The van der Waals surface area contributed by atoms with Crippen molar-refractivity contribution >= 4 is 27.1 Å². The Bertz CT molecular complexity index is 1300. The van der Waals surface area contributed by atoms with Crippen molar-refractivity contribution in [3.8, 4) is 11.1 Å². The monoisotopic (exact) mass is 358 g/mol. The van der Waals surface area contributed by atoms with Crippen LogP contribution in [-0.4, -0.2) is 0 Å². The number of hydrogen-bond acceptors (Lipinski definition) is 0. The fourth-order valence-electron chi connectivity index (χ4n) is 5.08. The van der Waals surface area contributed by atoms with Gasteiger partial charge in [-0.05, 0) is 81.1 Å². The molecule has 0 spiro atoms. The lowest BCUT2D eigenvalue weighted by Gasteiger charge is -2.26. The van der Waals surface area contributed by atoms with E-state index in [4.69, 9.17) is 0 Å². The third-order valence-corrected chi connectivity index (χ3v) is 6.48. The molecule has 0 saturated heterocycles. The van der Waals surface area contributed by atoms with E-state index in [9.17, 15) is 0 Å². The number of benzene rings is 4. The normalized spacial score (nSPS) is 15.7. The minimum Gasteiger partial charge on any atom is -0.0836 e. The summed E-state index contributed by atoms with van der Waals surface area (Å²) in [5.74, 6) is 0. The van der Waals surface area contributed by atoms with Crippen LogP contribution in [0.5, 0.6) is 0 Å². The largest absolute Gasteiger partial charge is 0.0836 e. The molecule has 4 aromatic rings. The first-order chi connectivity index (χ1) is 13.9. The molecule has 2 aliphatic carbocycles. The van der Waals surface area contributed by atoms with Gasteiger partial charge in [-0.15, -0.1) is 0 Å². The van der Waals surface area contributed by atoms with Gasteiger partial charge in [0.15, 0.2) is 0 Å². The number of rotatable bonds is 1. The Balaban J connectivity index is 1.57. The van der Waals surface area contributed by atoms with Gasteiger partial charge < -0.3 is 0 Å². The van der Waals surface area contributed by atoms with Gasteiger partial charge in [0.2, 0.25) is 0 Å². The molecular weight excluding hydrogens is 336 g/mol. The predicted molar refractivity (Wildman–Crippen MR) is 121 cm³/mol. The summed E-state index contributed by atoms with van der Waals surface area (Å²) < 4.78 is 0. The van der Waals surface area contributed by atoms with Gasteiger partial charge in [0.05, 0.1) is 0 Å². The standard InChI is InChI=1S/C28H22/c1-2-8-21-18-22(13-12-19(21)6-1)24-10-5-11-25-27(24)17-16-26-23-9-4-3-7-20(23)14-15-28(25)26/h1-2,4-6,8-13,16-18H,3,7,14-15H2. The molecule has 0 nitrogen and oxygen atoms in total. The van der Waals surface area contributed by atoms with E-state index in [0.29, 0.717) is 0 Å². The molecule has 0 radical (unpaired) electrons. The van der Waals surface area contributed by atoms with Crippen molar-refractivity contribution in [3.05, 3.63) is 102 Å². The van der Waals surface area contributed by atoms with Crippen molar-refractivity contribution in [2.45, 2.75) is 25.7 Å². The van der Waals surface area contributed by atoms with Crippen molar-refractivity contribution in [1.82, 2.24) is 0 Å². The molecule has 0 N–H and O–H groups in total. The third kappa shape index (κ3) is 2.38. The molecular formula is C28H22. The summed E-state index contributed by atoms with van der Waals surface area (Å²) in [6.45, 7) is 0. The van der Waals surface area contributed by atoms with Gasteiger partial charge >= 0.3 is 0 Å². The fraction of sp³-hybridized carbons (Fsp3) is 0.143. The minimum atomic E-state index is 1.17. The summed E-state index contributed by atoms with van der Waals surface area (Å²) >= 11 is 0. The van der Waals surface area contributed by atoms with Crippen molar-refractivity contribution in [2.75, 3.05) is 0 Å². The number of aryl methyl sites for hydroxylation is 1. The van der Waals surface area contributed by atoms with Gasteiger partial charge in [0.1, 0.15) is 0 Å². The van der Waals surface area contributed by atoms with Gasteiger partial charge in [0, 0.05) is 0 Å². The van der Waals surface area contributed by atoms with Gasteiger partial charge in [-0.25, -0.2) is 0 Å². The van der Waals surface area contributed by atoms with Crippen molar-refractivity contribution < 1.29 is 0 Å². The zero-order valence-electron chi connectivity index (χ0n) is 15.9. The van der Waals surface area contributed by atoms with Gasteiger partial charge in [-0.3, -0.25) is 0 Å². The first-order valence-electron chi connectivity index (χ1n) is 10.3. The molecule has 0 heteroatoms. The summed E-state index contributed by atoms with van der Waals surface area (Å²) in [5, 5.41) is 5.40. The van der Waals surface area contributed by atoms with E-state index < -0.39 is 0 Å². The van der Waals surface area contributed by atoms with Crippen LogP contribution in [0.15, 0.2) is 90.5 Å². The van der Waals surface area contributed by atoms with E-state index in [1.54, 1.807) is 5.57 Å². The maximum Gasteiger partial charge on any atom is -0.0102 e. The fourth-order valence-corrected chi connectivity index (χ4v) is 5.08. The van der Waals surface area contributed by atoms with E-state index in [1.165, 1.54) is 75.1 Å². The second-order valence-corrected chi connectivity index (χ2v) is 8.01. The Morgan fingerprint density at radius 1 is 0.607 bits per heavy atom. The Labute approximate surface area is 165 Å². The maximum atomic E-state index is 2.37. The summed E-state index contributed by atoms with van der Waals surface area (Å²) in [5.41, 5.74) is 8.78. The number of allylic oxidation sites excluding steroid dienone is 4. The lowest BCUT2D eigenvalue weighted by atomic mass is 9.79. The Morgan fingerprint density at radius 3 is 2.50 bits per heavy atom. The number of fused-ring (bicyclic) bond motifs is 5. The Kier molecular flexibility index (Phi) is 3.52. The molecule has 134 valence electrons. The quantitative estimate of drug-likeness (QED) is 0.327. The molecule has 28 heavy (non-hydrogen) atoms. The van der Waals surface area contributed by atoms with Crippen LogP contribution in [0.25, 0.3) is 38.2 Å². The van der Waals surface area contributed by atoms with Crippen LogP contribution in [-0.2, 0) is 6.42 Å². The SMILES string of the molecule is C1=CC2=C(CC1)CCc1c2ccc2c(-c3ccc4ccccc4c3)cccc12. The van der Waals surface area contributed by atoms with Crippen LogP contribution in [0.3, 0.4) is 0 Å². The summed E-state index contributed by atoms with van der Waals surface area (Å²) in [4.78, 5) is 0. The van der Waals surface area contributed by atoms with Crippen LogP contribution in [0.2, 0.25) is 0 Å². The lowest BCUT2D eigenvalue weighted by Crippen LogP contribution is -2.07. The van der Waals surface area contributed by atoms with Crippen LogP contribution in [0.1, 0.15) is 30.4 Å². The molecule has 0 unspecified atom stereocenters. The highest BCUT2D eigenvalue weighted by molar-refractivity contribution is 6.03. The second kappa shape index (κ2) is 6.21. The van der Waals surface area contributed by atoms with E-state index in [1.807, 2.05) is 0 Å². The molecule has 0 fully saturated rings. The lowest BCUT2D eigenvalue weighted by molar-refractivity contribution is 0.831. The molecule has 6 rings (SSSR count). The Morgan fingerprint density at radius 2 is 1.54 bits per heavy atom. The van der Waals surface area contributed by atoms with E-state index in [0.717, 1.165) is 0 Å². The summed E-state index contributed by atoms with van der Waals surface area (Å²) in [6.07, 6.45) is 9.51. The topological polar surface area (TPSA) is 0 Å². The van der Waals surface area contributed by atoms with E-state index in [-0.39, 0.29) is 0 Å². The highest BCUT2D eigenvalue weighted by Gasteiger charge is 2.21. The van der Waals surface area contributed by atoms with Crippen molar-refractivity contribution in [1.29, 1.82) is 0 Å². The highest BCUT2D eigenvalue weighted by Crippen LogP contribution is 2.41. The van der Waals surface area contributed by atoms with Crippen LogP contribution >= 0.6 is 0 Å². The van der Waals surface area contributed by atoms with E-state index in [2.05, 4.69) is 84.9 Å². The van der Waals surface area contributed by atoms with Crippen LogP contribution in [0.4, 0.5) is 0 Å². The van der Waals surface area contributed by atoms with Crippen molar-refractivity contribution in [3.63, 3.8) is 0 Å². The molecule has 0 bridgehead atoms. The minimum absolute atomic E-state index is 1.17. The molecule has 0 heterocycles. The molecule has 0 aliphatic heterocycles. The molecule has 2 aliphatic rings. The van der Waals surface area contributed by atoms with Gasteiger partial charge in [-0.1, -0.05) is 84.5 Å².